The lowest BCUT2D eigenvalue weighted by molar-refractivity contribution is -0.215. The average Bonchev–Trinajstić information content (AvgIpc) is 3.03. The molecule has 3 rings (SSSR count). The Labute approximate surface area is 161 Å². The van der Waals surface area contributed by atoms with Crippen LogP contribution in [0.5, 0.6) is 0 Å². The number of hydrogen-bond acceptors (Lipinski definition) is 5. The molecule has 0 radical (unpaired) electrons. The number of alkyl halides is 3. The number of ether oxygens (including phenoxy) is 2. The maximum atomic E-state index is 12.7. The summed E-state index contributed by atoms with van der Waals surface area (Å²) in [7, 11) is 0. The van der Waals surface area contributed by atoms with Crippen LogP contribution in [0.4, 0.5) is 18.0 Å². The summed E-state index contributed by atoms with van der Waals surface area (Å²) in [6.45, 7) is 1.85. The van der Waals surface area contributed by atoms with Gasteiger partial charge in [0.2, 0.25) is 6.10 Å². The van der Waals surface area contributed by atoms with Crippen LogP contribution in [-0.4, -0.2) is 65.3 Å². The molecule has 2 saturated heterocycles. The molecule has 0 bridgehead atoms. The molecule has 0 aliphatic carbocycles. The zero-order valence-corrected chi connectivity index (χ0v) is 15.7. The smallest absolute Gasteiger partial charge is 0.427 e. The number of likely N-dealkylation sites (tertiary alicyclic amines) is 1. The van der Waals surface area contributed by atoms with Gasteiger partial charge in [0.1, 0.15) is 0 Å². The molecule has 2 aliphatic rings. The second kappa shape index (κ2) is 8.24. The van der Waals surface area contributed by atoms with Crippen LogP contribution >= 0.6 is 0 Å². The first kappa shape index (κ1) is 20.9. The first-order valence-electron chi connectivity index (χ1n) is 9.39. The fourth-order valence-corrected chi connectivity index (χ4v) is 3.83. The van der Waals surface area contributed by atoms with Crippen molar-refractivity contribution in [2.45, 2.75) is 50.5 Å². The number of pyridine rings is 1. The molecule has 1 unspecified atom stereocenters. The highest BCUT2D eigenvalue weighted by Crippen LogP contribution is 2.40. The summed E-state index contributed by atoms with van der Waals surface area (Å²) in [5.41, 5.74) is 1.78. The van der Waals surface area contributed by atoms with E-state index in [0.29, 0.717) is 25.4 Å². The number of amides is 1. The molecule has 9 heteroatoms. The summed E-state index contributed by atoms with van der Waals surface area (Å²) in [5, 5.41) is 8.80. The lowest BCUT2D eigenvalue weighted by Gasteiger charge is -2.38. The molecule has 0 aromatic carbocycles. The molecule has 1 amide bonds. The van der Waals surface area contributed by atoms with Crippen molar-refractivity contribution < 1.29 is 32.5 Å². The number of piperidine rings is 1. The van der Waals surface area contributed by atoms with Crippen LogP contribution in [0.2, 0.25) is 0 Å². The summed E-state index contributed by atoms with van der Waals surface area (Å²) in [6.07, 6.45) is -3.73. The third kappa shape index (κ3) is 4.94. The second-order valence-corrected chi connectivity index (χ2v) is 7.68. The molecule has 2 atom stereocenters. The Morgan fingerprint density at radius 2 is 2.14 bits per heavy atom. The van der Waals surface area contributed by atoms with Gasteiger partial charge in [-0.2, -0.15) is 13.2 Å². The Morgan fingerprint density at radius 1 is 1.43 bits per heavy atom. The number of aliphatic hydroxyl groups is 1. The molecule has 1 aromatic rings. The van der Waals surface area contributed by atoms with E-state index < -0.39 is 25.0 Å². The van der Waals surface area contributed by atoms with Gasteiger partial charge in [0, 0.05) is 25.0 Å². The molecule has 1 aromatic heterocycles. The van der Waals surface area contributed by atoms with Crippen LogP contribution in [0, 0.1) is 12.8 Å². The summed E-state index contributed by atoms with van der Waals surface area (Å²) in [5.74, 6) is 0.331. The highest BCUT2D eigenvalue weighted by molar-refractivity contribution is 5.68. The van der Waals surface area contributed by atoms with Gasteiger partial charge in [0.15, 0.2) is 0 Å². The van der Waals surface area contributed by atoms with E-state index in [0.717, 1.165) is 24.1 Å². The van der Waals surface area contributed by atoms with Crippen LogP contribution in [0.1, 0.15) is 30.5 Å². The molecule has 1 spiro atoms. The molecule has 3 heterocycles. The van der Waals surface area contributed by atoms with Gasteiger partial charge in [0.25, 0.3) is 0 Å². The van der Waals surface area contributed by atoms with Crippen LogP contribution in [0.25, 0.3) is 0 Å². The van der Waals surface area contributed by atoms with Gasteiger partial charge in [-0.15, -0.1) is 0 Å². The highest BCUT2D eigenvalue weighted by Gasteiger charge is 2.46. The van der Waals surface area contributed by atoms with E-state index in [1.54, 1.807) is 0 Å². The van der Waals surface area contributed by atoms with Crippen LogP contribution < -0.4 is 0 Å². The Bertz CT molecular complexity index is 673. The van der Waals surface area contributed by atoms with E-state index in [4.69, 9.17) is 9.84 Å². The Morgan fingerprint density at radius 3 is 2.71 bits per heavy atom. The van der Waals surface area contributed by atoms with Crippen molar-refractivity contribution in [2.75, 3.05) is 26.3 Å². The zero-order valence-electron chi connectivity index (χ0n) is 15.7. The number of hydrogen-bond donors (Lipinski definition) is 1. The van der Waals surface area contributed by atoms with Gasteiger partial charge in [-0.25, -0.2) is 4.79 Å². The number of carbonyl (C=O) groups excluding carboxylic acids is 1. The molecule has 6 nitrogen and oxygen atoms in total. The quantitative estimate of drug-likeness (QED) is 0.839. The third-order valence-corrected chi connectivity index (χ3v) is 5.46. The maximum Gasteiger partial charge on any atom is 0.427 e. The third-order valence-electron chi connectivity index (χ3n) is 5.46. The zero-order chi connectivity index (χ0) is 20.4. The predicted octanol–water partition coefficient (Wildman–Crippen LogP) is 2.86. The normalized spacial score (nSPS) is 23.0. The van der Waals surface area contributed by atoms with Gasteiger partial charge in [-0.05, 0) is 50.2 Å². The lowest BCUT2D eigenvalue weighted by Crippen LogP contribution is -2.49. The number of rotatable bonds is 4. The molecule has 2 aliphatic heterocycles. The Balaban J connectivity index is 1.49. The van der Waals surface area contributed by atoms with Crippen molar-refractivity contribution in [3.05, 3.63) is 29.6 Å². The lowest BCUT2D eigenvalue weighted by atomic mass is 9.84. The molecular weight excluding hydrogens is 377 g/mol. The first-order chi connectivity index (χ1) is 13.2. The van der Waals surface area contributed by atoms with E-state index in [1.807, 2.05) is 25.3 Å². The maximum absolute atomic E-state index is 12.7. The van der Waals surface area contributed by atoms with Crippen molar-refractivity contribution in [2.24, 2.45) is 5.92 Å². The monoisotopic (exact) mass is 402 g/mol. The summed E-state index contributed by atoms with van der Waals surface area (Å²) in [6, 6.07) is 4.04. The number of halogens is 3. The fourth-order valence-electron chi connectivity index (χ4n) is 3.83. The Hall–Kier alpha value is -1.87. The number of aryl methyl sites for hydroxylation is 1. The Kier molecular flexibility index (Phi) is 6.14. The molecule has 156 valence electrons. The first-order valence-corrected chi connectivity index (χ1v) is 9.39. The molecular formula is C19H25F3N2O4. The molecule has 2 fully saturated rings. The minimum Gasteiger partial charge on any atom is -0.434 e. The average molecular weight is 402 g/mol. The SMILES string of the molecule is Cc1ccc(CC2COC3(CCN(C(=O)O[C@H](CO)C(F)(F)F)CC3)C2)nc1. The van der Waals surface area contributed by atoms with Gasteiger partial charge >= 0.3 is 12.3 Å². The second-order valence-electron chi connectivity index (χ2n) is 7.68. The summed E-state index contributed by atoms with van der Waals surface area (Å²) < 4.78 is 48.4. The van der Waals surface area contributed by atoms with Gasteiger partial charge in [-0.1, -0.05) is 6.07 Å². The number of nitrogens with zero attached hydrogens (tertiary/aromatic N) is 2. The van der Waals surface area contributed by atoms with E-state index in [9.17, 15) is 18.0 Å². The molecule has 1 N–H and O–H groups in total. The minimum absolute atomic E-state index is 0.268. The van der Waals surface area contributed by atoms with E-state index >= 15 is 0 Å². The van der Waals surface area contributed by atoms with Gasteiger partial charge in [0.05, 0.1) is 18.8 Å². The molecule has 0 saturated carbocycles. The highest BCUT2D eigenvalue weighted by atomic mass is 19.4. The predicted molar refractivity (Wildman–Crippen MR) is 93.7 cm³/mol. The minimum atomic E-state index is -4.78. The van der Waals surface area contributed by atoms with E-state index in [2.05, 4.69) is 9.72 Å². The number of aromatic nitrogens is 1. The van der Waals surface area contributed by atoms with E-state index in [1.165, 1.54) is 4.90 Å². The van der Waals surface area contributed by atoms with Crippen molar-refractivity contribution in [1.29, 1.82) is 0 Å². The summed E-state index contributed by atoms with van der Waals surface area (Å²) in [4.78, 5) is 17.7. The van der Waals surface area contributed by atoms with Crippen LogP contribution in [0.15, 0.2) is 18.3 Å². The molecule has 28 heavy (non-hydrogen) atoms. The summed E-state index contributed by atoms with van der Waals surface area (Å²) >= 11 is 0. The fraction of sp³-hybridized carbons (Fsp3) is 0.684. The van der Waals surface area contributed by atoms with Crippen LogP contribution in [-0.2, 0) is 15.9 Å². The van der Waals surface area contributed by atoms with Crippen LogP contribution in [0.3, 0.4) is 0 Å². The number of aliphatic hydroxyl groups excluding tert-OH is 1. The van der Waals surface area contributed by atoms with Crippen molar-refractivity contribution in [3.63, 3.8) is 0 Å². The van der Waals surface area contributed by atoms with Crippen molar-refractivity contribution >= 4 is 6.09 Å². The van der Waals surface area contributed by atoms with Crippen molar-refractivity contribution in [3.8, 4) is 0 Å². The van der Waals surface area contributed by atoms with Gasteiger partial charge in [-0.3, -0.25) is 4.98 Å². The largest absolute Gasteiger partial charge is 0.434 e. The van der Waals surface area contributed by atoms with Crippen molar-refractivity contribution in [1.82, 2.24) is 9.88 Å². The van der Waals surface area contributed by atoms with Gasteiger partial charge < -0.3 is 19.5 Å². The standard InChI is InChI=1S/C19H25F3N2O4/c1-13-2-3-15(23-10-13)8-14-9-18(27-12-14)4-6-24(7-5-18)17(26)28-16(11-25)19(20,21)22/h2-3,10,14,16,25H,4-9,11-12H2,1H3/t14?,16-/m1/s1. The van der Waals surface area contributed by atoms with E-state index in [-0.39, 0.29) is 18.7 Å². The number of carbonyl (C=O) groups is 1. The topological polar surface area (TPSA) is 71.9 Å².